The van der Waals surface area contributed by atoms with Crippen LogP contribution in [-0.2, 0) is 9.53 Å². The number of likely N-dealkylation sites (tertiary alicyclic amines) is 1. The van der Waals surface area contributed by atoms with Crippen molar-refractivity contribution in [3.05, 3.63) is 28.8 Å². The summed E-state index contributed by atoms with van der Waals surface area (Å²) in [6.45, 7) is 7.95. The van der Waals surface area contributed by atoms with Gasteiger partial charge in [-0.1, -0.05) is 11.6 Å². The third kappa shape index (κ3) is 5.70. The Kier molecular flexibility index (Phi) is 7.18. The maximum atomic E-state index is 11.7. The lowest BCUT2D eigenvalue weighted by molar-refractivity contribution is -0.149. The number of piperidine rings is 1. The molecule has 1 saturated heterocycles. The maximum absolute atomic E-state index is 11.7. The average Bonchev–Trinajstić information content (AvgIpc) is 2.54. The second-order valence-corrected chi connectivity index (χ2v) is 6.42. The first kappa shape index (κ1) is 18.1. The highest BCUT2D eigenvalue weighted by Gasteiger charge is 2.25. The van der Waals surface area contributed by atoms with Crippen molar-refractivity contribution >= 4 is 17.6 Å². The lowest BCUT2D eigenvalue weighted by atomic mass is 9.97. The predicted molar refractivity (Wildman–Crippen MR) is 92.1 cm³/mol. The van der Waals surface area contributed by atoms with Crippen molar-refractivity contribution in [1.29, 1.82) is 0 Å². The van der Waals surface area contributed by atoms with E-state index in [-0.39, 0.29) is 11.9 Å². The molecular weight excluding hydrogens is 314 g/mol. The molecule has 0 unspecified atom stereocenters. The molecule has 0 aliphatic carbocycles. The van der Waals surface area contributed by atoms with Gasteiger partial charge >= 0.3 is 5.97 Å². The van der Waals surface area contributed by atoms with Gasteiger partial charge in [-0.3, -0.25) is 4.79 Å². The van der Waals surface area contributed by atoms with Gasteiger partial charge in [-0.2, -0.15) is 0 Å². The van der Waals surface area contributed by atoms with Crippen molar-refractivity contribution in [1.82, 2.24) is 4.90 Å². The van der Waals surface area contributed by atoms with Crippen LogP contribution in [0.3, 0.4) is 0 Å². The number of ether oxygens (including phenoxy) is 2. The zero-order valence-corrected chi connectivity index (χ0v) is 14.8. The molecule has 1 fully saturated rings. The van der Waals surface area contributed by atoms with Crippen LogP contribution < -0.4 is 4.74 Å². The van der Waals surface area contributed by atoms with E-state index in [1.54, 1.807) is 0 Å². The van der Waals surface area contributed by atoms with E-state index in [0.29, 0.717) is 13.2 Å². The average molecular weight is 340 g/mol. The van der Waals surface area contributed by atoms with Crippen molar-refractivity contribution in [3.8, 4) is 5.75 Å². The number of halogens is 1. The molecule has 0 N–H and O–H groups in total. The SMILES string of the molecule is CCOC(=O)C1CCN(CCCOc2ccc(Cl)cc2C)CC1. The Morgan fingerprint density at radius 3 is 2.74 bits per heavy atom. The molecule has 5 heteroatoms. The van der Waals surface area contributed by atoms with Crippen LogP contribution >= 0.6 is 11.6 Å². The Bertz CT molecular complexity index is 513. The molecule has 4 nitrogen and oxygen atoms in total. The van der Waals surface area contributed by atoms with Gasteiger partial charge in [-0.25, -0.2) is 0 Å². The summed E-state index contributed by atoms with van der Waals surface area (Å²) in [5, 5.41) is 0.735. The molecular formula is C18H26ClNO3. The first-order valence-electron chi connectivity index (χ1n) is 8.38. The van der Waals surface area contributed by atoms with Gasteiger partial charge in [-0.15, -0.1) is 0 Å². The van der Waals surface area contributed by atoms with Crippen LogP contribution in [0, 0.1) is 12.8 Å². The van der Waals surface area contributed by atoms with Crippen LogP contribution in [0.2, 0.25) is 5.02 Å². The van der Waals surface area contributed by atoms with Crippen LogP contribution in [-0.4, -0.2) is 43.7 Å². The van der Waals surface area contributed by atoms with Gasteiger partial charge in [0.2, 0.25) is 0 Å². The van der Waals surface area contributed by atoms with Gasteiger partial charge in [0.15, 0.2) is 0 Å². The van der Waals surface area contributed by atoms with Gasteiger partial charge in [0.25, 0.3) is 0 Å². The van der Waals surface area contributed by atoms with Gasteiger partial charge in [0, 0.05) is 11.6 Å². The van der Waals surface area contributed by atoms with Gasteiger partial charge in [-0.05, 0) is 70.0 Å². The van der Waals surface area contributed by atoms with E-state index in [1.165, 1.54) is 0 Å². The third-order valence-electron chi connectivity index (χ3n) is 4.22. The Balaban J connectivity index is 1.63. The molecule has 23 heavy (non-hydrogen) atoms. The first-order chi connectivity index (χ1) is 11.1. The topological polar surface area (TPSA) is 38.8 Å². The van der Waals surface area contributed by atoms with Crippen LogP contribution in [0.1, 0.15) is 31.7 Å². The number of carbonyl (C=O) groups is 1. The number of aryl methyl sites for hydroxylation is 1. The zero-order chi connectivity index (χ0) is 16.7. The third-order valence-corrected chi connectivity index (χ3v) is 4.46. The van der Waals surface area contributed by atoms with Crippen LogP contribution in [0.25, 0.3) is 0 Å². The summed E-state index contributed by atoms with van der Waals surface area (Å²) in [5.41, 5.74) is 1.06. The van der Waals surface area contributed by atoms with E-state index < -0.39 is 0 Å². The zero-order valence-electron chi connectivity index (χ0n) is 14.0. The minimum absolute atomic E-state index is 0.0336. The number of esters is 1. The normalized spacial score (nSPS) is 16.3. The fraction of sp³-hybridized carbons (Fsp3) is 0.611. The maximum Gasteiger partial charge on any atom is 0.309 e. The fourth-order valence-electron chi connectivity index (χ4n) is 2.90. The lowest BCUT2D eigenvalue weighted by Gasteiger charge is -2.30. The molecule has 1 aromatic carbocycles. The second-order valence-electron chi connectivity index (χ2n) is 5.98. The molecule has 1 aliphatic heterocycles. The molecule has 1 aromatic rings. The highest BCUT2D eigenvalue weighted by molar-refractivity contribution is 6.30. The van der Waals surface area contributed by atoms with Crippen LogP contribution in [0.5, 0.6) is 5.75 Å². The Morgan fingerprint density at radius 2 is 2.09 bits per heavy atom. The standard InChI is InChI=1S/C18H26ClNO3/c1-3-22-18(21)15-7-10-20(11-8-15)9-4-12-23-17-6-5-16(19)13-14(17)2/h5-6,13,15H,3-4,7-12H2,1-2H3. The fourth-order valence-corrected chi connectivity index (χ4v) is 3.12. The van der Waals surface area contributed by atoms with Crippen molar-refractivity contribution in [2.45, 2.75) is 33.1 Å². The van der Waals surface area contributed by atoms with Gasteiger partial charge in [0.1, 0.15) is 5.75 Å². The summed E-state index contributed by atoms with van der Waals surface area (Å²) in [4.78, 5) is 14.1. The number of rotatable bonds is 7. The molecule has 0 saturated carbocycles. The van der Waals surface area contributed by atoms with E-state index in [2.05, 4.69) is 4.90 Å². The predicted octanol–water partition coefficient (Wildman–Crippen LogP) is 3.69. The Morgan fingerprint density at radius 1 is 1.35 bits per heavy atom. The molecule has 0 aromatic heterocycles. The number of nitrogens with zero attached hydrogens (tertiary/aromatic N) is 1. The van der Waals surface area contributed by atoms with Crippen LogP contribution in [0.4, 0.5) is 0 Å². The summed E-state index contributed by atoms with van der Waals surface area (Å²) in [6.07, 6.45) is 2.78. The van der Waals surface area contributed by atoms with E-state index >= 15 is 0 Å². The highest BCUT2D eigenvalue weighted by Crippen LogP contribution is 2.22. The number of hydrogen-bond acceptors (Lipinski definition) is 4. The van der Waals surface area contributed by atoms with Crippen molar-refractivity contribution < 1.29 is 14.3 Å². The Hall–Kier alpha value is -1.26. The van der Waals surface area contributed by atoms with Crippen molar-refractivity contribution in [2.24, 2.45) is 5.92 Å². The second kappa shape index (κ2) is 9.14. The summed E-state index contributed by atoms with van der Waals surface area (Å²) < 4.78 is 10.9. The van der Waals surface area contributed by atoms with E-state index in [9.17, 15) is 4.79 Å². The van der Waals surface area contributed by atoms with E-state index in [0.717, 1.165) is 55.2 Å². The number of hydrogen-bond donors (Lipinski definition) is 0. The highest BCUT2D eigenvalue weighted by atomic mass is 35.5. The largest absolute Gasteiger partial charge is 0.493 e. The molecule has 128 valence electrons. The molecule has 1 aliphatic rings. The lowest BCUT2D eigenvalue weighted by Crippen LogP contribution is -2.37. The van der Waals surface area contributed by atoms with E-state index in [4.69, 9.17) is 21.1 Å². The van der Waals surface area contributed by atoms with Crippen LogP contribution in [0.15, 0.2) is 18.2 Å². The Labute approximate surface area is 143 Å². The summed E-state index contributed by atoms with van der Waals surface area (Å²) in [6, 6.07) is 5.68. The molecule has 1 heterocycles. The number of carbonyl (C=O) groups excluding carboxylic acids is 1. The van der Waals surface area contributed by atoms with Crippen molar-refractivity contribution in [2.75, 3.05) is 32.8 Å². The van der Waals surface area contributed by atoms with Gasteiger partial charge < -0.3 is 14.4 Å². The molecule has 0 radical (unpaired) electrons. The molecule has 0 atom stereocenters. The quantitative estimate of drug-likeness (QED) is 0.561. The molecule has 0 bridgehead atoms. The van der Waals surface area contributed by atoms with E-state index in [1.807, 2.05) is 32.0 Å². The molecule has 0 spiro atoms. The summed E-state index contributed by atoms with van der Waals surface area (Å²) in [5.74, 6) is 0.947. The smallest absolute Gasteiger partial charge is 0.309 e. The minimum Gasteiger partial charge on any atom is -0.493 e. The van der Waals surface area contributed by atoms with Gasteiger partial charge in [0.05, 0.1) is 19.1 Å². The monoisotopic (exact) mass is 339 g/mol. The van der Waals surface area contributed by atoms with Crippen molar-refractivity contribution in [3.63, 3.8) is 0 Å². The minimum atomic E-state index is -0.0336. The number of benzene rings is 1. The molecule has 0 amide bonds. The summed E-state index contributed by atoms with van der Waals surface area (Å²) >= 11 is 5.94. The molecule has 2 rings (SSSR count). The summed E-state index contributed by atoms with van der Waals surface area (Å²) in [7, 11) is 0. The first-order valence-corrected chi connectivity index (χ1v) is 8.76.